The lowest BCUT2D eigenvalue weighted by Crippen LogP contribution is -2.41. The van der Waals surface area contributed by atoms with Crippen LogP contribution in [0.1, 0.15) is 20.9 Å². The van der Waals surface area contributed by atoms with Gasteiger partial charge in [0.05, 0.1) is 23.0 Å². The smallest absolute Gasteiger partial charge is 0.305 e. The highest BCUT2D eigenvalue weighted by atomic mass is 16.3. The molecule has 0 unspecified atom stereocenters. The number of para-hydroxylation sites is 1. The van der Waals surface area contributed by atoms with Crippen LogP contribution in [0.2, 0.25) is 0 Å². The number of carbonyl (C=O) groups is 2. The minimum absolute atomic E-state index is 0.111. The van der Waals surface area contributed by atoms with E-state index in [2.05, 4.69) is 15.8 Å². The number of fused-ring (bicyclic) bond motifs is 1. The summed E-state index contributed by atoms with van der Waals surface area (Å²) in [5.41, 5.74) is 7.48. The van der Waals surface area contributed by atoms with E-state index >= 15 is 0 Å². The Bertz CT molecular complexity index is 1110. The molecule has 6 heteroatoms. The van der Waals surface area contributed by atoms with Gasteiger partial charge < -0.3 is 4.42 Å². The molecule has 0 radical (unpaired) electrons. The number of carbonyl (C=O) groups excluding carboxylic acids is 2. The van der Waals surface area contributed by atoms with Gasteiger partial charge in [0.2, 0.25) is 0 Å². The number of nitrogens with zero attached hydrogens (tertiary/aromatic N) is 1. The van der Waals surface area contributed by atoms with Gasteiger partial charge in [-0.3, -0.25) is 20.4 Å². The van der Waals surface area contributed by atoms with Gasteiger partial charge in [-0.15, -0.1) is 0 Å². The van der Waals surface area contributed by atoms with Crippen molar-refractivity contribution in [3.05, 3.63) is 90.4 Å². The molecule has 4 rings (SSSR count). The van der Waals surface area contributed by atoms with Crippen molar-refractivity contribution >= 4 is 22.7 Å². The van der Waals surface area contributed by atoms with Crippen LogP contribution in [0, 0.1) is 0 Å². The summed E-state index contributed by atoms with van der Waals surface area (Å²) in [7, 11) is 0. The Morgan fingerprint density at radius 2 is 1.56 bits per heavy atom. The van der Waals surface area contributed by atoms with Crippen molar-refractivity contribution in [3.8, 4) is 11.3 Å². The molecule has 2 amide bonds. The van der Waals surface area contributed by atoms with Crippen molar-refractivity contribution in [2.45, 2.75) is 0 Å². The minimum Gasteiger partial charge on any atom is -0.459 e. The van der Waals surface area contributed by atoms with Gasteiger partial charge in [0.1, 0.15) is 0 Å². The van der Waals surface area contributed by atoms with E-state index in [0.717, 1.165) is 5.56 Å². The van der Waals surface area contributed by atoms with Gasteiger partial charge in [0.25, 0.3) is 5.91 Å². The Balaban J connectivity index is 1.67. The second-order valence-electron chi connectivity index (χ2n) is 5.82. The van der Waals surface area contributed by atoms with Gasteiger partial charge in [-0.25, -0.2) is 4.98 Å². The van der Waals surface area contributed by atoms with Crippen molar-refractivity contribution in [3.63, 3.8) is 0 Å². The van der Waals surface area contributed by atoms with E-state index < -0.39 is 11.8 Å². The Labute approximate surface area is 154 Å². The van der Waals surface area contributed by atoms with Gasteiger partial charge in [-0.2, -0.15) is 0 Å². The molecule has 2 aromatic heterocycles. The standard InChI is InChI=1S/C21H15N3O3/c25-20(23-24-21(26)19-11-6-12-27-19)16-13-18(14-7-2-1-3-8-14)22-17-10-5-4-9-15(16)17/h1-13H,(H,23,25)(H,24,26). The van der Waals surface area contributed by atoms with Gasteiger partial charge >= 0.3 is 5.91 Å². The first kappa shape index (κ1) is 16.5. The van der Waals surface area contributed by atoms with Crippen molar-refractivity contribution < 1.29 is 14.0 Å². The van der Waals surface area contributed by atoms with Crippen LogP contribution in [0.4, 0.5) is 0 Å². The molecule has 0 saturated carbocycles. The van der Waals surface area contributed by atoms with Crippen LogP contribution in [-0.2, 0) is 0 Å². The zero-order valence-electron chi connectivity index (χ0n) is 14.2. The van der Waals surface area contributed by atoms with E-state index in [1.165, 1.54) is 12.3 Å². The summed E-state index contributed by atoms with van der Waals surface area (Å²) in [6.07, 6.45) is 1.39. The molecule has 4 aromatic rings. The Morgan fingerprint density at radius 1 is 0.815 bits per heavy atom. The van der Waals surface area contributed by atoms with Crippen LogP contribution < -0.4 is 10.9 Å². The highest BCUT2D eigenvalue weighted by Gasteiger charge is 2.15. The molecule has 0 spiro atoms. The molecule has 0 fully saturated rings. The molecule has 0 bridgehead atoms. The monoisotopic (exact) mass is 357 g/mol. The normalized spacial score (nSPS) is 10.5. The third-order valence-electron chi connectivity index (χ3n) is 4.06. The minimum atomic E-state index is -0.532. The lowest BCUT2D eigenvalue weighted by atomic mass is 10.0. The third kappa shape index (κ3) is 3.41. The van der Waals surface area contributed by atoms with Crippen LogP contribution in [0.25, 0.3) is 22.2 Å². The molecule has 2 aromatic carbocycles. The lowest BCUT2D eigenvalue weighted by Gasteiger charge is -2.11. The second kappa shape index (κ2) is 7.13. The lowest BCUT2D eigenvalue weighted by molar-refractivity contribution is 0.0831. The molecule has 27 heavy (non-hydrogen) atoms. The van der Waals surface area contributed by atoms with Crippen molar-refractivity contribution in [2.24, 2.45) is 0 Å². The number of aromatic nitrogens is 1. The predicted molar refractivity (Wildman–Crippen MR) is 101 cm³/mol. The summed E-state index contributed by atoms with van der Waals surface area (Å²) in [5.74, 6) is -0.861. The first-order valence-electron chi connectivity index (χ1n) is 8.32. The number of hydrogen-bond acceptors (Lipinski definition) is 4. The van der Waals surface area contributed by atoms with E-state index in [4.69, 9.17) is 4.42 Å². The molecule has 132 valence electrons. The maximum atomic E-state index is 12.7. The van der Waals surface area contributed by atoms with E-state index in [-0.39, 0.29) is 5.76 Å². The Kier molecular flexibility index (Phi) is 4.37. The zero-order valence-corrected chi connectivity index (χ0v) is 14.2. The molecule has 2 heterocycles. The van der Waals surface area contributed by atoms with Crippen molar-refractivity contribution in [1.29, 1.82) is 0 Å². The number of benzene rings is 2. The van der Waals surface area contributed by atoms with Crippen LogP contribution in [0.3, 0.4) is 0 Å². The first-order valence-corrected chi connectivity index (χ1v) is 8.32. The molecular weight excluding hydrogens is 342 g/mol. The highest BCUT2D eigenvalue weighted by Crippen LogP contribution is 2.24. The average Bonchev–Trinajstić information content (AvgIpc) is 3.26. The van der Waals surface area contributed by atoms with Crippen LogP contribution in [-0.4, -0.2) is 16.8 Å². The van der Waals surface area contributed by atoms with Crippen molar-refractivity contribution in [1.82, 2.24) is 15.8 Å². The molecule has 0 aliphatic carbocycles. The van der Waals surface area contributed by atoms with Gasteiger partial charge in [0.15, 0.2) is 5.76 Å². The largest absolute Gasteiger partial charge is 0.459 e. The maximum Gasteiger partial charge on any atom is 0.305 e. The number of rotatable bonds is 3. The molecular formula is C21H15N3O3. The van der Waals surface area contributed by atoms with E-state index in [1.807, 2.05) is 54.6 Å². The number of hydrazine groups is 1. The summed E-state index contributed by atoms with van der Waals surface area (Å²) in [5, 5.41) is 0.696. The predicted octanol–water partition coefficient (Wildman–Crippen LogP) is 3.57. The van der Waals surface area contributed by atoms with Crippen LogP contribution in [0.5, 0.6) is 0 Å². The fraction of sp³-hybridized carbons (Fsp3) is 0. The van der Waals surface area contributed by atoms with Gasteiger partial charge in [-0.05, 0) is 24.3 Å². The van der Waals surface area contributed by atoms with Crippen molar-refractivity contribution in [2.75, 3.05) is 0 Å². The molecule has 0 aliphatic heterocycles. The highest BCUT2D eigenvalue weighted by molar-refractivity contribution is 6.08. The maximum absolute atomic E-state index is 12.7. The number of furan rings is 1. The zero-order chi connectivity index (χ0) is 18.6. The molecule has 0 atom stereocenters. The molecule has 0 saturated heterocycles. The number of amides is 2. The van der Waals surface area contributed by atoms with Crippen LogP contribution >= 0.6 is 0 Å². The summed E-state index contributed by atoms with van der Waals surface area (Å²) in [4.78, 5) is 29.3. The third-order valence-corrected chi connectivity index (χ3v) is 4.06. The second-order valence-corrected chi connectivity index (χ2v) is 5.82. The topological polar surface area (TPSA) is 84.2 Å². The molecule has 6 nitrogen and oxygen atoms in total. The van der Waals surface area contributed by atoms with E-state index in [9.17, 15) is 9.59 Å². The fourth-order valence-electron chi connectivity index (χ4n) is 2.77. The SMILES string of the molecule is O=C(NNC(=O)c1cc(-c2ccccc2)nc2ccccc12)c1ccco1. The summed E-state index contributed by atoms with van der Waals surface area (Å²) in [6.45, 7) is 0. The summed E-state index contributed by atoms with van der Waals surface area (Å²) < 4.78 is 5.01. The fourth-order valence-corrected chi connectivity index (χ4v) is 2.77. The van der Waals surface area contributed by atoms with Gasteiger partial charge in [0, 0.05) is 10.9 Å². The number of pyridine rings is 1. The average molecular weight is 357 g/mol. The van der Waals surface area contributed by atoms with Crippen LogP contribution in [0.15, 0.2) is 83.5 Å². The molecule has 2 N–H and O–H groups in total. The Morgan fingerprint density at radius 3 is 2.33 bits per heavy atom. The first-order chi connectivity index (χ1) is 13.2. The number of hydrogen-bond donors (Lipinski definition) is 2. The quantitative estimate of drug-likeness (QED) is 0.549. The Hall–Kier alpha value is -3.93. The van der Waals surface area contributed by atoms with Gasteiger partial charge in [-0.1, -0.05) is 48.5 Å². The van der Waals surface area contributed by atoms with E-state index in [1.54, 1.807) is 12.1 Å². The van der Waals surface area contributed by atoms with E-state index in [0.29, 0.717) is 22.2 Å². The number of nitrogens with one attached hydrogen (secondary N) is 2. The summed E-state index contributed by atoms with van der Waals surface area (Å²) >= 11 is 0. The summed E-state index contributed by atoms with van der Waals surface area (Å²) in [6, 6.07) is 21.8. The molecule has 0 aliphatic rings.